The van der Waals surface area contributed by atoms with Crippen LogP contribution < -0.4 is 10.6 Å². The van der Waals surface area contributed by atoms with E-state index in [4.69, 9.17) is 0 Å². The minimum atomic E-state index is 0.0531. The van der Waals surface area contributed by atoms with Gasteiger partial charge in [-0.1, -0.05) is 38.3 Å². The maximum atomic E-state index is 12.3. The number of amides is 1. The number of nitrogens with one attached hydrogen (secondary N) is 2. The maximum absolute atomic E-state index is 12.3. The molecule has 0 radical (unpaired) electrons. The molecule has 2 aromatic rings. The Balaban J connectivity index is 1.43. The van der Waals surface area contributed by atoms with Crippen LogP contribution in [0.3, 0.4) is 0 Å². The van der Waals surface area contributed by atoms with E-state index in [1.54, 1.807) is 0 Å². The summed E-state index contributed by atoms with van der Waals surface area (Å²) in [7, 11) is 0. The quantitative estimate of drug-likeness (QED) is 0.725. The number of benzene rings is 1. The van der Waals surface area contributed by atoms with E-state index in [0.29, 0.717) is 13.1 Å². The second-order valence-corrected chi connectivity index (χ2v) is 7.01. The molecule has 1 saturated carbocycles. The molecule has 1 heterocycles. The van der Waals surface area contributed by atoms with E-state index in [2.05, 4.69) is 22.5 Å². The van der Waals surface area contributed by atoms with Crippen molar-refractivity contribution in [2.24, 2.45) is 5.92 Å². The fourth-order valence-electron chi connectivity index (χ4n) is 3.76. The number of rotatable bonds is 8. The van der Waals surface area contributed by atoms with E-state index in [9.17, 15) is 4.79 Å². The number of hydrogen-bond acceptors (Lipinski definition) is 3. The number of nitrogens with zero attached hydrogens (tertiary/aromatic N) is 2. The number of fused-ring (bicyclic) bond motifs is 1. The smallest absolute Gasteiger partial charge is 0.240 e. The summed E-state index contributed by atoms with van der Waals surface area (Å²) < 4.78 is 2.03. The van der Waals surface area contributed by atoms with E-state index in [-0.39, 0.29) is 5.91 Å². The van der Waals surface area contributed by atoms with Crippen molar-refractivity contribution >= 4 is 16.9 Å². The summed E-state index contributed by atoms with van der Waals surface area (Å²) in [6, 6.07) is 8.00. The lowest BCUT2D eigenvalue weighted by atomic mass is 9.89. The van der Waals surface area contributed by atoms with E-state index in [1.165, 1.54) is 32.1 Å². The van der Waals surface area contributed by atoms with Crippen LogP contribution in [0.25, 0.3) is 11.0 Å². The Kier molecular flexibility index (Phi) is 6.45. The number of aromatic nitrogens is 2. The Morgan fingerprint density at radius 2 is 2.00 bits per heavy atom. The highest BCUT2D eigenvalue weighted by Crippen LogP contribution is 2.22. The zero-order valence-corrected chi connectivity index (χ0v) is 15.3. The van der Waals surface area contributed by atoms with Gasteiger partial charge in [-0.15, -0.1) is 0 Å². The third-order valence-electron chi connectivity index (χ3n) is 5.13. The molecule has 136 valence electrons. The first kappa shape index (κ1) is 17.9. The maximum Gasteiger partial charge on any atom is 0.240 e. The lowest BCUT2D eigenvalue weighted by Crippen LogP contribution is -2.36. The lowest BCUT2D eigenvalue weighted by molar-refractivity contribution is -0.121. The van der Waals surface area contributed by atoms with Crippen LogP contribution in [0.1, 0.15) is 44.9 Å². The molecule has 1 aromatic carbocycles. The second kappa shape index (κ2) is 8.99. The molecule has 0 atom stereocenters. The highest BCUT2D eigenvalue weighted by Gasteiger charge is 2.13. The Morgan fingerprint density at radius 1 is 1.20 bits per heavy atom. The van der Waals surface area contributed by atoms with Crippen molar-refractivity contribution in [1.29, 1.82) is 0 Å². The van der Waals surface area contributed by atoms with Crippen molar-refractivity contribution in [1.82, 2.24) is 20.2 Å². The minimum Gasteiger partial charge on any atom is -0.353 e. The molecule has 1 aliphatic carbocycles. The van der Waals surface area contributed by atoms with Gasteiger partial charge in [0.1, 0.15) is 12.4 Å². The zero-order chi connectivity index (χ0) is 17.5. The van der Waals surface area contributed by atoms with Crippen molar-refractivity contribution in [2.75, 3.05) is 19.6 Å². The van der Waals surface area contributed by atoms with Crippen LogP contribution in [-0.4, -0.2) is 35.1 Å². The summed E-state index contributed by atoms with van der Waals surface area (Å²) in [6.45, 7) is 5.02. The summed E-state index contributed by atoms with van der Waals surface area (Å²) in [4.78, 5) is 16.9. The molecule has 5 heteroatoms. The molecule has 1 fully saturated rings. The van der Waals surface area contributed by atoms with Crippen molar-refractivity contribution in [3.05, 3.63) is 30.1 Å². The van der Waals surface area contributed by atoms with Gasteiger partial charge in [-0.05, 0) is 37.4 Å². The fourth-order valence-corrected chi connectivity index (χ4v) is 3.76. The summed E-state index contributed by atoms with van der Waals surface area (Å²) >= 11 is 0. The van der Waals surface area contributed by atoms with Crippen molar-refractivity contribution in [2.45, 2.75) is 52.0 Å². The summed E-state index contributed by atoms with van der Waals surface area (Å²) in [6.07, 6.45) is 7.68. The van der Waals surface area contributed by atoms with Gasteiger partial charge in [0.15, 0.2) is 0 Å². The van der Waals surface area contributed by atoms with Crippen LogP contribution in [0.2, 0.25) is 0 Å². The summed E-state index contributed by atoms with van der Waals surface area (Å²) in [5.74, 6) is 1.85. The van der Waals surface area contributed by atoms with E-state index in [0.717, 1.165) is 42.3 Å². The fraction of sp³-hybridized carbons (Fsp3) is 0.600. The van der Waals surface area contributed by atoms with Gasteiger partial charge in [0.2, 0.25) is 5.91 Å². The van der Waals surface area contributed by atoms with Crippen LogP contribution >= 0.6 is 0 Å². The lowest BCUT2D eigenvalue weighted by Gasteiger charge is -2.21. The average molecular weight is 342 g/mol. The van der Waals surface area contributed by atoms with Crippen molar-refractivity contribution < 1.29 is 4.79 Å². The number of imidazole rings is 1. The monoisotopic (exact) mass is 342 g/mol. The highest BCUT2D eigenvalue weighted by molar-refractivity contribution is 5.81. The number of aryl methyl sites for hydroxylation is 1. The van der Waals surface area contributed by atoms with Crippen LogP contribution in [0.5, 0.6) is 0 Å². The molecule has 3 rings (SSSR count). The molecule has 5 nitrogen and oxygen atoms in total. The molecule has 2 N–H and O–H groups in total. The first-order valence-electron chi connectivity index (χ1n) is 9.69. The van der Waals surface area contributed by atoms with Gasteiger partial charge in [-0.25, -0.2) is 4.98 Å². The number of carbonyl (C=O) groups excluding carboxylic acids is 1. The molecule has 0 aliphatic heterocycles. The molecule has 0 spiro atoms. The van der Waals surface area contributed by atoms with E-state index >= 15 is 0 Å². The molecule has 1 aromatic heterocycles. The van der Waals surface area contributed by atoms with Gasteiger partial charge in [0.05, 0.1) is 11.0 Å². The van der Waals surface area contributed by atoms with Gasteiger partial charge < -0.3 is 15.2 Å². The standard InChI is InChI=1S/C20H30N4O/c1-2-19-23-17-10-6-7-11-18(17)24(19)15-20(25)22-13-12-21-14-16-8-4-3-5-9-16/h6-7,10-11,16,21H,2-5,8-9,12-15H2,1H3,(H,22,25). The third-order valence-corrected chi connectivity index (χ3v) is 5.13. The molecule has 0 saturated heterocycles. The average Bonchev–Trinajstić information content (AvgIpc) is 3.00. The largest absolute Gasteiger partial charge is 0.353 e. The number of para-hydroxylation sites is 2. The zero-order valence-electron chi connectivity index (χ0n) is 15.3. The highest BCUT2D eigenvalue weighted by atomic mass is 16.1. The molecule has 0 unspecified atom stereocenters. The number of carbonyl (C=O) groups is 1. The van der Waals surface area contributed by atoms with Crippen molar-refractivity contribution in [3.8, 4) is 0 Å². The normalized spacial score (nSPS) is 15.6. The van der Waals surface area contributed by atoms with Gasteiger partial charge in [0, 0.05) is 19.5 Å². The van der Waals surface area contributed by atoms with Gasteiger partial charge in [-0.3, -0.25) is 4.79 Å². The summed E-state index contributed by atoms with van der Waals surface area (Å²) in [5, 5.41) is 6.51. The van der Waals surface area contributed by atoms with E-state index in [1.807, 2.05) is 28.8 Å². The Bertz CT molecular complexity index is 688. The first-order valence-corrected chi connectivity index (χ1v) is 9.69. The molecule has 1 aliphatic rings. The van der Waals surface area contributed by atoms with Crippen LogP contribution in [0, 0.1) is 5.92 Å². The Morgan fingerprint density at radius 3 is 2.80 bits per heavy atom. The van der Waals surface area contributed by atoms with Crippen LogP contribution in [0.15, 0.2) is 24.3 Å². The molecule has 25 heavy (non-hydrogen) atoms. The van der Waals surface area contributed by atoms with E-state index < -0.39 is 0 Å². The predicted octanol–water partition coefficient (Wildman–Crippen LogP) is 2.88. The predicted molar refractivity (Wildman–Crippen MR) is 102 cm³/mol. The second-order valence-electron chi connectivity index (χ2n) is 7.01. The SMILES string of the molecule is CCc1nc2ccccc2n1CC(=O)NCCNCC1CCCCC1. The van der Waals surface area contributed by atoms with Gasteiger partial charge >= 0.3 is 0 Å². The Hall–Kier alpha value is -1.88. The topological polar surface area (TPSA) is 59.0 Å². The van der Waals surface area contributed by atoms with Gasteiger partial charge in [0.25, 0.3) is 0 Å². The molecule has 0 bridgehead atoms. The first-order chi connectivity index (χ1) is 12.3. The minimum absolute atomic E-state index is 0.0531. The number of hydrogen-bond donors (Lipinski definition) is 2. The summed E-state index contributed by atoms with van der Waals surface area (Å²) in [5.41, 5.74) is 1.99. The van der Waals surface area contributed by atoms with Gasteiger partial charge in [-0.2, -0.15) is 0 Å². The van der Waals surface area contributed by atoms with Crippen molar-refractivity contribution in [3.63, 3.8) is 0 Å². The van der Waals surface area contributed by atoms with Crippen LogP contribution in [0.4, 0.5) is 0 Å². The molecular formula is C20H30N4O. The van der Waals surface area contributed by atoms with Crippen LogP contribution in [-0.2, 0) is 17.8 Å². The Labute approximate surface area is 150 Å². The molecular weight excluding hydrogens is 312 g/mol. The third kappa shape index (κ3) is 4.82. The molecule has 1 amide bonds.